The van der Waals surface area contributed by atoms with Gasteiger partial charge in [-0.05, 0) is 104 Å². The van der Waals surface area contributed by atoms with Gasteiger partial charge in [0.1, 0.15) is 0 Å². The first-order valence-electron chi connectivity index (χ1n) is 12.2. The summed E-state index contributed by atoms with van der Waals surface area (Å²) in [4.78, 5) is 11.5. The Kier molecular flexibility index (Phi) is 5.83. The van der Waals surface area contributed by atoms with Gasteiger partial charge >= 0.3 is 5.97 Å². The highest BCUT2D eigenvalue weighted by molar-refractivity contribution is 7.87. The van der Waals surface area contributed by atoms with Gasteiger partial charge in [-0.3, -0.25) is 9.35 Å². The highest BCUT2D eigenvalue weighted by Gasteiger charge is 2.60. The van der Waals surface area contributed by atoms with E-state index in [0.29, 0.717) is 17.3 Å². The van der Waals surface area contributed by atoms with Gasteiger partial charge in [0.05, 0.1) is 0 Å². The predicted molar refractivity (Wildman–Crippen MR) is 117 cm³/mol. The first-order chi connectivity index (χ1) is 14.0. The van der Waals surface area contributed by atoms with Gasteiger partial charge < -0.3 is 5.11 Å². The third-order valence-electron chi connectivity index (χ3n) is 10.6. The standard InChI is InChI=1S/C24H40O5S/c1-15(14-21(22(25)26)30(27,28)29)18-9-10-19-17-8-7-16-6-4-5-12-23(16,2)20(17)11-13-24(18,19)3/h15-21H,4-14H2,1-3H3,(H,25,26)(H,27,28,29)/t15-,16?,17+,18-,19+,20+,21?,23+,24-/m1/s1. The quantitative estimate of drug-likeness (QED) is 0.558. The second kappa shape index (κ2) is 7.75. The second-order valence-corrected chi connectivity index (χ2v) is 13.3. The molecule has 5 nitrogen and oxygen atoms in total. The van der Waals surface area contributed by atoms with Crippen LogP contribution in [0.25, 0.3) is 0 Å². The smallest absolute Gasteiger partial charge is 0.324 e. The number of aliphatic carboxylic acids is 1. The number of carbonyl (C=O) groups is 1. The molecule has 0 heterocycles. The summed E-state index contributed by atoms with van der Waals surface area (Å²) >= 11 is 0. The molecule has 172 valence electrons. The molecule has 6 heteroatoms. The molecule has 0 radical (unpaired) electrons. The molecule has 4 aliphatic carbocycles. The molecule has 9 atom stereocenters. The average Bonchev–Trinajstić information content (AvgIpc) is 3.01. The largest absolute Gasteiger partial charge is 0.480 e. The molecule has 0 amide bonds. The normalized spacial score (nSPS) is 45.7. The van der Waals surface area contributed by atoms with E-state index >= 15 is 0 Å². The maximum absolute atomic E-state index is 11.6. The van der Waals surface area contributed by atoms with Crippen molar-refractivity contribution >= 4 is 16.1 Å². The van der Waals surface area contributed by atoms with Crippen molar-refractivity contribution in [2.75, 3.05) is 0 Å². The highest BCUT2D eigenvalue weighted by Crippen LogP contribution is 2.68. The molecule has 0 bridgehead atoms. The van der Waals surface area contributed by atoms with E-state index in [1.165, 1.54) is 57.8 Å². The van der Waals surface area contributed by atoms with Gasteiger partial charge in [-0.15, -0.1) is 0 Å². The highest BCUT2D eigenvalue weighted by atomic mass is 32.2. The zero-order chi connectivity index (χ0) is 21.9. The van der Waals surface area contributed by atoms with Gasteiger partial charge in [0.25, 0.3) is 10.1 Å². The number of hydrogen-bond acceptors (Lipinski definition) is 3. The molecule has 0 saturated heterocycles. The van der Waals surface area contributed by atoms with Crippen LogP contribution in [0.1, 0.15) is 91.4 Å². The minimum Gasteiger partial charge on any atom is -0.480 e. The zero-order valence-corrected chi connectivity index (χ0v) is 19.7. The molecule has 0 aromatic heterocycles. The summed E-state index contributed by atoms with van der Waals surface area (Å²) in [5.41, 5.74) is 0.673. The fourth-order valence-corrected chi connectivity index (χ4v) is 9.92. The van der Waals surface area contributed by atoms with Gasteiger partial charge in [-0.2, -0.15) is 8.42 Å². The molecule has 4 fully saturated rings. The van der Waals surface area contributed by atoms with E-state index in [2.05, 4.69) is 13.8 Å². The lowest BCUT2D eigenvalue weighted by Gasteiger charge is -2.61. The Morgan fingerprint density at radius 1 is 0.967 bits per heavy atom. The molecule has 4 aliphatic rings. The van der Waals surface area contributed by atoms with Crippen LogP contribution < -0.4 is 0 Å². The third-order valence-corrected chi connectivity index (χ3v) is 11.7. The fourth-order valence-electron chi connectivity index (χ4n) is 9.12. The maximum atomic E-state index is 11.6. The molecule has 30 heavy (non-hydrogen) atoms. The predicted octanol–water partition coefficient (Wildman–Crippen LogP) is 5.40. The maximum Gasteiger partial charge on any atom is 0.324 e. The van der Waals surface area contributed by atoms with Crippen molar-refractivity contribution in [3.05, 3.63) is 0 Å². The molecule has 4 rings (SSSR count). The molecule has 0 aromatic rings. The van der Waals surface area contributed by atoms with E-state index in [1.54, 1.807) is 0 Å². The van der Waals surface area contributed by atoms with Crippen molar-refractivity contribution in [1.82, 2.24) is 0 Å². The van der Waals surface area contributed by atoms with Crippen molar-refractivity contribution in [3.8, 4) is 0 Å². The van der Waals surface area contributed by atoms with Crippen LogP contribution in [-0.2, 0) is 14.9 Å². The van der Waals surface area contributed by atoms with Crippen molar-refractivity contribution in [2.45, 2.75) is 96.7 Å². The van der Waals surface area contributed by atoms with E-state index in [-0.39, 0.29) is 17.8 Å². The number of carboxylic acid groups (broad SMARTS) is 1. The molecule has 0 aliphatic heterocycles. The molecular formula is C24H40O5S. The average molecular weight is 441 g/mol. The van der Waals surface area contributed by atoms with E-state index in [1.807, 2.05) is 6.92 Å². The van der Waals surface area contributed by atoms with Gasteiger partial charge in [0.2, 0.25) is 0 Å². The molecular weight excluding hydrogens is 400 g/mol. The van der Waals surface area contributed by atoms with Crippen molar-refractivity contribution in [1.29, 1.82) is 0 Å². The Morgan fingerprint density at radius 2 is 1.67 bits per heavy atom. The molecule has 0 spiro atoms. The SMILES string of the molecule is C[C@H](CC(C(=O)O)S(=O)(=O)O)[C@H]1CC[C@H]2[C@@H]3CCC4CCCC[C@]4(C)[C@H]3CC[C@]12C. The van der Waals surface area contributed by atoms with Crippen molar-refractivity contribution in [3.63, 3.8) is 0 Å². The first-order valence-corrected chi connectivity index (χ1v) is 13.7. The van der Waals surface area contributed by atoms with E-state index in [0.717, 1.165) is 24.2 Å². The molecule has 2 N–H and O–H groups in total. The third kappa shape index (κ3) is 3.54. The van der Waals surface area contributed by atoms with Gasteiger partial charge in [-0.1, -0.05) is 33.6 Å². The Balaban J connectivity index is 1.53. The lowest BCUT2D eigenvalue weighted by molar-refractivity contribution is -0.137. The summed E-state index contributed by atoms with van der Waals surface area (Å²) in [7, 11) is -4.58. The Hall–Kier alpha value is -0.620. The monoisotopic (exact) mass is 440 g/mol. The van der Waals surface area contributed by atoms with Gasteiger partial charge in [0, 0.05) is 0 Å². The van der Waals surface area contributed by atoms with Crippen LogP contribution in [0.15, 0.2) is 0 Å². The fraction of sp³-hybridized carbons (Fsp3) is 0.958. The zero-order valence-electron chi connectivity index (χ0n) is 18.8. The summed E-state index contributed by atoms with van der Waals surface area (Å²) < 4.78 is 32.7. The number of carboxylic acids is 1. The first kappa shape index (κ1) is 22.6. The summed E-state index contributed by atoms with van der Waals surface area (Å²) in [6.07, 6.45) is 13.0. The summed E-state index contributed by atoms with van der Waals surface area (Å²) in [5.74, 6) is 2.06. The topological polar surface area (TPSA) is 91.7 Å². The second-order valence-electron chi connectivity index (χ2n) is 11.7. The Morgan fingerprint density at radius 3 is 2.33 bits per heavy atom. The lowest BCUT2D eigenvalue weighted by atomic mass is 9.44. The van der Waals surface area contributed by atoms with Crippen molar-refractivity contribution < 1.29 is 22.9 Å². The molecule has 4 saturated carbocycles. The van der Waals surface area contributed by atoms with Crippen LogP contribution >= 0.6 is 0 Å². The number of hydrogen-bond donors (Lipinski definition) is 2. The number of fused-ring (bicyclic) bond motifs is 5. The van der Waals surface area contributed by atoms with Crippen LogP contribution in [0.4, 0.5) is 0 Å². The van der Waals surface area contributed by atoms with Gasteiger partial charge in [-0.25, -0.2) is 0 Å². The Labute approximate surface area is 182 Å². The summed E-state index contributed by atoms with van der Waals surface area (Å²) in [6, 6.07) is 0. The summed E-state index contributed by atoms with van der Waals surface area (Å²) in [5, 5.41) is 7.65. The summed E-state index contributed by atoms with van der Waals surface area (Å²) in [6.45, 7) is 6.99. The van der Waals surface area contributed by atoms with E-state index < -0.39 is 21.3 Å². The van der Waals surface area contributed by atoms with Crippen LogP contribution in [0.5, 0.6) is 0 Å². The minimum absolute atomic E-state index is 0.00896. The molecule has 0 aromatic carbocycles. The van der Waals surface area contributed by atoms with E-state index in [4.69, 9.17) is 0 Å². The Bertz CT molecular complexity index is 778. The number of rotatable bonds is 5. The van der Waals surface area contributed by atoms with Gasteiger partial charge in [0.15, 0.2) is 5.25 Å². The van der Waals surface area contributed by atoms with Crippen LogP contribution in [0.3, 0.4) is 0 Å². The van der Waals surface area contributed by atoms with Crippen LogP contribution in [0.2, 0.25) is 0 Å². The van der Waals surface area contributed by atoms with Crippen LogP contribution in [0, 0.1) is 46.3 Å². The molecule has 2 unspecified atom stereocenters. The van der Waals surface area contributed by atoms with Crippen molar-refractivity contribution in [2.24, 2.45) is 46.3 Å². The lowest BCUT2D eigenvalue weighted by Crippen LogP contribution is -2.53. The van der Waals surface area contributed by atoms with E-state index in [9.17, 15) is 22.9 Å². The van der Waals surface area contributed by atoms with Crippen LogP contribution in [-0.4, -0.2) is 29.3 Å². The minimum atomic E-state index is -4.58.